The van der Waals surface area contributed by atoms with E-state index in [2.05, 4.69) is 0 Å². The number of rotatable bonds is 3. The SMILES string of the molecule is [2H]C([2H])([2H])C1=C(C=CC(C)=Cc2cc(C)cc(=O)o2)C(C)(C)CCC1([2H])[2H]. The summed E-state index contributed by atoms with van der Waals surface area (Å²) in [6.45, 7) is 5.00. The largest absolute Gasteiger partial charge is 0.423 e. The smallest absolute Gasteiger partial charge is 0.336 e. The molecule has 1 aliphatic carbocycles. The van der Waals surface area contributed by atoms with Gasteiger partial charge in [0.05, 0.1) is 0 Å². The Bertz CT molecular complexity index is 867. The molecule has 2 nitrogen and oxygen atoms in total. The molecule has 1 aromatic rings. The molecule has 0 spiro atoms. The maximum absolute atomic E-state index is 11.5. The fourth-order valence-electron chi connectivity index (χ4n) is 2.56. The average Bonchev–Trinajstić information content (AvgIpc) is 2.45. The van der Waals surface area contributed by atoms with Gasteiger partial charge in [0.2, 0.25) is 0 Å². The van der Waals surface area contributed by atoms with Crippen molar-refractivity contribution >= 4 is 6.08 Å². The molecule has 0 bridgehead atoms. The van der Waals surface area contributed by atoms with Gasteiger partial charge in [-0.15, -0.1) is 0 Å². The first-order valence-electron chi connectivity index (χ1n) is 9.96. The Morgan fingerprint density at radius 2 is 2.23 bits per heavy atom. The van der Waals surface area contributed by atoms with E-state index in [0.717, 1.165) is 11.1 Å². The molecule has 1 aromatic heterocycles. The van der Waals surface area contributed by atoms with Crippen LogP contribution in [0.5, 0.6) is 0 Å². The molecule has 0 unspecified atom stereocenters. The third kappa shape index (κ3) is 4.09. The summed E-state index contributed by atoms with van der Waals surface area (Å²) in [7, 11) is 0. The second-order valence-corrected chi connectivity index (χ2v) is 6.43. The van der Waals surface area contributed by atoms with Crippen LogP contribution in [0.4, 0.5) is 0 Å². The van der Waals surface area contributed by atoms with E-state index in [1.54, 1.807) is 31.2 Å². The minimum Gasteiger partial charge on any atom is -0.423 e. The van der Waals surface area contributed by atoms with Crippen molar-refractivity contribution in [3.63, 3.8) is 0 Å². The highest BCUT2D eigenvalue weighted by molar-refractivity contribution is 5.52. The van der Waals surface area contributed by atoms with E-state index in [0.29, 0.717) is 17.8 Å². The molecule has 0 fully saturated rings. The van der Waals surface area contributed by atoms with Crippen molar-refractivity contribution in [1.82, 2.24) is 0 Å². The van der Waals surface area contributed by atoms with E-state index in [9.17, 15) is 4.79 Å². The van der Waals surface area contributed by atoms with E-state index in [1.807, 2.05) is 20.8 Å². The number of allylic oxidation sites excluding steroid dienone is 5. The van der Waals surface area contributed by atoms with Crippen molar-refractivity contribution in [2.24, 2.45) is 5.41 Å². The summed E-state index contributed by atoms with van der Waals surface area (Å²) >= 11 is 0. The number of hydrogen-bond donors (Lipinski definition) is 0. The van der Waals surface area contributed by atoms with Crippen LogP contribution < -0.4 is 5.63 Å². The summed E-state index contributed by atoms with van der Waals surface area (Å²) in [6, 6.07) is 3.15. The van der Waals surface area contributed by atoms with Gasteiger partial charge in [-0.25, -0.2) is 4.79 Å². The van der Waals surface area contributed by atoms with Crippen molar-refractivity contribution in [3.05, 3.63) is 62.7 Å². The molecule has 0 saturated carbocycles. The lowest BCUT2D eigenvalue weighted by Gasteiger charge is -2.32. The first-order valence-corrected chi connectivity index (χ1v) is 7.46. The Morgan fingerprint density at radius 1 is 1.45 bits per heavy atom. The fourth-order valence-corrected chi connectivity index (χ4v) is 2.56. The summed E-state index contributed by atoms with van der Waals surface area (Å²) in [4.78, 5) is 11.5. The summed E-state index contributed by atoms with van der Waals surface area (Å²) in [5, 5.41) is 0. The third-order valence-electron chi connectivity index (χ3n) is 3.87. The molecular formula is C20H26O2. The van der Waals surface area contributed by atoms with Gasteiger partial charge in [0.25, 0.3) is 0 Å². The van der Waals surface area contributed by atoms with Crippen LogP contribution in [0.3, 0.4) is 0 Å². The van der Waals surface area contributed by atoms with Crippen molar-refractivity contribution in [3.8, 4) is 0 Å². The van der Waals surface area contributed by atoms with E-state index >= 15 is 0 Å². The van der Waals surface area contributed by atoms with Gasteiger partial charge in [0.1, 0.15) is 5.76 Å². The molecule has 0 aromatic carbocycles. The predicted molar refractivity (Wildman–Crippen MR) is 92.8 cm³/mol. The van der Waals surface area contributed by atoms with Crippen molar-refractivity contribution < 1.29 is 11.3 Å². The topological polar surface area (TPSA) is 30.2 Å². The Balaban J connectivity index is 2.50. The molecule has 0 atom stereocenters. The van der Waals surface area contributed by atoms with Gasteiger partial charge in [-0.2, -0.15) is 0 Å². The van der Waals surface area contributed by atoms with Crippen LogP contribution >= 0.6 is 0 Å². The summed E-state index contributed by atoms with van der Waals surface area (Å²) < 4.78 is 45.1. The minimum atomic E-state index is -2.50. The van der Waals surface area contributed by atoms with Gasteiger partial charge < -0.3 is 4.42 Å². The summed E-state index contributed by atoms with van der Waals surface area (Å²) in [6.07, 6.45) is 4.03. The zero-order valence-electron chi connectivity index (χ0n) is 18.6. The first kappa shape index (κ1) is 10.8. The van der Waals surface area contributed by atoms with Gasteiger partial charge in [0.15, 0.2) is 0 Å². The van der Waals surface area contributed by atoms with Crippen LogP contribution in [0, 0.1) is 12.3 Å². The van der Waals surface area contributed by atoms with E-state index in [1.165, 1.54) is 6.07 Å². The molecule has 1 aliphatic rings. The van der Waals surface area contributed by atoms with Gasteiger partial charge in [-0.1, -0.05) is 31.6 Å². The highest BCUT2D eigenvalue weighted by Crippen LogP contribution is 2.40. The second kappa shape index (κ2) is 6.51. The standard InChI is InChI=1S/C20H26O2/c1-14(11-17-12-15(2)13-19(21)22-17)8-9-18-16(3)7-6-10-20(18,4)5/h8-9,11-13H,6-7,10H2,1-5H3/i3D3,7D2. The lowest BCUT2D eigenvalue weighted by Crippen LogP contribution is -2.19. The van der Waals surface area contributed by atoms with Crippen LogP contribution in [-0.2, 0) is 0 Å². The van der Waals surface area contributed by atoms with Crippen LogP contribution in [0.1, 0.15) is 65.0 Å². The second-order valence-electron chi connectivity index (χ2n) is 6.43. The molecule has 0 N–H and O–H groups in total. The Morgan fingerprint density at radius 3 is 2.91 bits per heavy atom. The van der Waals surface area contributed by atoms with Gasteiger partial charge >= 0.3 is 5.63 Å². The Kier molecular flexibility index (Phi) is 3.20. The fraction of sp³-hybridized carbons (Fsp3) is 0.450. The van der Waals surface area contributed by atoms with Crippen molar-refractivity contribution in [2.75, 3.05) is 0 Å². The molecule has 0 radical (unpaired) electrons. The monoisotopic (exact) mass is 303 g/mol. The zero-order chi connectivity index (χ0) is 20.6. The van der Waals surface area contributed by atoms with E-state index in [-0.39, 0.29) is 12.0 Å². The van der Waals surface area contributed by atoms with Crippen molar-refractivity contribution in [1.29, 1.82) is 0 Å². The molecule has 2 rings (SSSR count). The van der Waals surface area contributed by atoms with Crippen molar-refractivity contribution in [2.45, 2.75) is 53.8 Å². The Labute approximate surface area is 140 Å². The summed E-state index contributed by atoms with van der Waals surface area (Å²) in [5.74, 6) is 0.422. The van der Waals surface area contributed by atoms with Crippen LogP contribution in [0.15, 0.2) is 50.2 Å². The van der Waals surface area contributed by atoms with Gasteiger partial charge in [-0.3, -0.25) is 0 Å². The molecule has 0 aliphatic heterocycles. The highest BCUT2D eigenvalue weighted by Gasteiger charge is 2.26. The first-order chi connectivity index (χ1) is 12.2. The van der Waals surface area contributed by atoms with Gasteiger partial charge in [0, 0.05) is 12.9 Å². The molecule has 1 heterocycles. The Hall–Kier alpha value is -1.83. The lowest BCUT2D eigenvalue weighted by molar-refractivity contribution is 0.377. The maximum atomic E-state index is 11.5. The van der Waals surface area contributed by atoms with Gasteiger partial charge in [-0.05, 0) is 74.2 Å². The summed E-state index contributed by atoms with van der Waals surface area (Å²) in [5.41, 5.74) is 1.09. The highest BCUT2D eigenvalue weighted by atomic mass is 16.4. The van der Waals surface area contributed by atoms with E-state index < -0.39 is 24.3 Å². The van der Waals surface area contributed by atoms with Crippen LogP contribution in [-0.4, -0.2) is 0 Å². The number of hydrogen-bond acceptors (Lipinski definition) is 2. The minimum absolute atomic E-state index is 0.114. The van der Waals surface area contributed by atoms with E-state index in [4.69, 9.17) is 11.3 Å². The zero-order valence-corrected chi connectivity index (χ0v) is 13.6. The number of aryl methyl sites for hydroxylation is 1. The predicted octanol–water partition coefficient (Wildman–Crippen LogP) is 5.43. The molecular weight excluding hydrogens is 272 g/mol. The normalized spacial score (nSPS) is 25.3. The molecule has 0 saturated heterocycles. The third-order valence-corrected chi connectivity index (χ3v) is 3.87. The lowest BCUT2D eigenvalue weighted by atomic mass is 9.72. The molecule has 0 amide bonds. The molecule has 118 valence electrons. The quantitative estimate of drug-likeness (QED) is 0.696. The average molecular weight is 303 g/mol. The van der Waals surface area contributed by atoms with Crippen LogP contribution in [0.2, 0.25) is 0 Å². The maximum Gasteiger partial charge on any atom is 0.336 e. The molecule has 2 heteroatoms. The molecule has 22 heavy (non-hydrogen) atoms. The van der Waals surface area contributed by atoms with Crippen LogP contribution in [0.25, 0.3) is 6.08 Å².